The van der Waals surface area contributed by atoms with Crippen LogP contribution in [0.25, 0.3) is 44.5 Å². The second-order valence-electron chi connectivity index (χ2n) is 12.5. The highest BCUT2D eigenvalue weighted by atomic mass is 28.3. The standard InChI is InChI=1S/C48H36Si/c1-5-13-37(14-6-1)41-21-29-45(30-22-41)49(46-31-23-42(24-32-46)38-15-7-2-8-16-38,47-33-25-43(26-34-47)39-17-9-3-10-18-39)48-35-27-44(28-36-48)40-19-11-4-12-20-40/h1-36H. The Kier molecular flexibility index (Phi) is 8.42. The Morgan fingerprint density at radius 3 is 0.510 bits per heavy atom. The molecule has 0 unspecified atom stereocenters. The molecule has 0 heterocycles. The van der Waals surface area contributed by atoms with Crippen molar-refractivity contribution >= 4 is 28.8 Å². The number of rotatable bonds is 8. The third-order valence-corrected chi connectivity index (χ3v) is 14.5. The van der Waals surface area contributed by atoms with E-state index in [2.05, 4.69) is 218 Å². The molecule has 0 bridgehead atoms. The first-order chi connectivity index (χ1) is 24.3. The molecule has 0 aromatic heterocycles. The average Bonchev–Trinajstić information content (AvgIpc) is 3.20. The second kappa shape index (κ2) is 13.6. The molecule has 1 heteroatoms. The van der Waals surface area contributed by atoms with Crippen LogP contribution in [0.5, 0.6) is 0 Å². The maximum absolute atomic E-state index is 2.80. The van der Waals surface area contributed by atoms with Gasteiger partial charge in [-0.3, -0.25) is 0 Å². The van der Waals surface area contributed by atoms with Crippen molar-refractivity contribution in [2.24, 2.45) is 0 Å². The highest BCUT2D eigenvalue weighted by Gasteiger charge is 2.41. The minimum absolute atomic E-state index is 1.23. The molecule has 0 nitrogen and oxygen atoms in total. The fourth-order valence-electron chi connectivity index (χ4n) is 7.17. The number of hydrogen-bond donors (Lipinski definition) is 0. The Labute approximate surface area is 290 Å². The van der Waals surface area contributed by atoms with Crippen LogP contribution in [0.2, 0.25) is 0 Å². The van der Waals surface area contributed by atoms with E-state index in [1.165, 1.54) is 65.3 Å². The molecule has 0 aliphatic carbocycles. The molecule has 0 N–H and O–H groups in total. The van der Waals surface area contributed by atoms with Gasteiger partial charge in [-0.05, 0) is 65.3 Å². The SMILES string of the molecule is c1ccc(-c2ccc([Si](c3ccc(-c4ccccc4)cc3)(c3ccc(-c4ccccc4)cc3)c3ccc(-c4ccccc4)cc3)cc2)cc1. The van der Waals surface area contributed by atoms with E-state index in [0.29, 0.717) is 0 Å². The van der Waals surface area contributed by atoms with Crippen LogP contribution in [0, 0.1) is 0 Å². The third kappa shape index (κ3) is 5.97. The molecule has 232 valence electrons. The van der Waals surface area contributed by atoms with Crippen molar-refractivity contribution in [1.82, 2.24) is 0 Å². The molecule has 0 atom stereocenters. The molecule has 0 aliphatic heterocycles. The van der Waals surface area contributed by atoms with Crippen molar-refractivity contribution < 1.29 is 0 Å². The Balaban J connectivity index is 1.35. The van der Waals surface area contributed by atoms with Gasteiger partial charge in [-0.2, -0.15) is 0 Å². The Hall–Kier alpha value is -6.02. The summed E-state index contributed by atoms with van der Waals surface area (Å²) in [5.41, 5.74) is 9.83. The Bertz CT molecular complexity index is 1900. The fourth-order valence-corrected chi connectivity index (χ4v) is 11.8. The first kappa shape index (κ1) is 30.3. The van der Waals surface area contributed by atoms with Gasteiger partial charge in [0.25, 0.3) is 0 Å². The predicted octanol–water partition coefficient (Wildman–Crippen LogP) is 9.73. The zero-order valence-electron chi connectivity index (χ0n) is 27.3. The van der Waals surface area contributed by atoms with Gasteiger partial charge in [-0.15, -0.1) is 0 Å². The topological polar surface area (TPSA) is 0 Å². The van der Waals surface area contributed by atoms with Crippen molar-refractivity contribution in [2.45, 2.75) is 0 Å². The molecule has 0 aliphatic rings. The lowest BCUT2D eigenvalue weighted by Gasteiger charge is -2.35. The maximum atomic E-state index is 2.38. The fraction of sp³-hybridized carbons (Fsp3) is 0. The summed E-state index contributed by atoms with van der Waals surface area (Å²) in [7, 11) is -2.80. The van der Waals surface area contributed by atoms with Crippen LogP contribution in [0.4, 0.5) is 0 Å². The minimum Gasteiger partial charge on any atom is -0.0622 e. The molecular formula is C48H36Si. The molecule has 0 saturated heterocycles. The lowest BCUT2D eigenvalue weighted by atomic mass is 10.1. The van der Waals surface area contributed by atoms with Crippen molar-refractivity contribution in [3.05, 3.63) is 218 Å². The normalized spacial score (nSPS) is 11.3. The van der Waals surface area contributed by atoms with Crippen molar-refractivity contribution in [3.8, 4) is 44.5 Å². The highest BCUT2D eigenvalue weighted by molar-refractivity contribution is 7.19. The van der Waals surface area contributed by atoms with Gasteiger partial charge in [-0.1, -0.05) is 218 Å². The lowest BCUT2D eigenvalue weighted by molar-refractivity contribution is 1.60. The second-order valence-corrected chi connectivity index (χ2v) is 16.3. The molecule has 0 spiro atoms. The summed E-state index contributed by atoms with van der Waals surface area (Å²) in [6.07, 6.45) is 0. The molecule has 8 aromatic rings. The first-order valence-corrected chi connectivity index (χ1v) is 18.9. The maximum Gasteiger partial charge on any atom is 0.179 e. The summed E-state index contributed by atoms with van der Waals surface area (Å²) in [5, 5.41) is 5.44. The summed E-state index contributed by atoms with van der Waals surface area (Å²) < 4.78 is 0. The summed E-state index contributed by atoms with van der Waals surface area (Å²) in [4.78, 5) is 0. The Morgan fingerprint density at radius 2 is 0.327 bits per heavy atom. The number of hydrogen-bond acceptors (Lipinski definition) is 0. The van der Waals surface area contributed by atoms with Crippen molar-refractivity contribution in [3.63, 3.8) is 0 Å². The zero-order valence-corrected chi connectivity index (χ0v) is 28.3. The molecule has 0 radical (unpaired) electrons. The first-order valence-electron chi connectivity index (χ1n) is 16.9. The largest absolute Gasteiger partial charge is 0.179 e. The van der Waals surface area contributed by atoms with Gasteiger partial charge in [0.15, 0.2) is 8.07 Å². The van der Waals surface area contributed by atoms with Gasteiger partial charge >= 0.3 is 0 Å². The van der Waals surface area contributed by atoms with Gasteiger partial charge in [-0.25, -0.2) is 0 Å². The van der Waals surface area contributed by atoms with E-state index in [9.17, 15) is 0 Å². The van der Waals surface area contributed by atoms with Crippen LogP contribution in [-0.2, 0) is 0 Å². The van der Waals surface area contributed by atoms with Crippen LogP contribution in [0.3, 0.4) is 0 Å². The van der Waals surface area contributed by atoms with E-state index in [4.69, 9.17) is 0 Å². The smallest absolute Gasteiger partial charge is 0.0622 e. The van der Waals surface area contributed by atoms with Crippen LogP contribution in [0.15, 0.2) is 218 Å². The molecule has 8 rings (SSSR count). The van der Waals surface area contributed by atoms with Crippen LogP contribution >= 0.6 is 0 Å². The predicted molar refractivity (Wildman–Crippen MR) is 212 cm³/mol. The summed E-state index contributed by atoms with van der Waals surface area (Å²) >= 11 is 0. The van der Waals surface area contributed by atoms with Crippen LogP contribution in [0.1, 0.15) is 0 Å². The van der Waals surface area contributed by atoms with E-state index in [-0.39, 0.29) is 0 Å². The van der Waals surface area contributed by atoms with Gasteiger partial charge in [0.05, 0.1) is 0 Å². The van der Waals surface area contributed by atoms with E-state index in [0.717, 1.165) is 0 Å². The van der Waals surface area contributed by atoms with Gasteiger partial charge in [0.1, 0.15) is 0 Å². The molecule has 0 saturated carbocycles. The molecule has 8 aromatic carbocycles. The minimum atomic E-state index is -2.80. The molecule has 0 amide bonds. The van der Waals surface area contributed by atoms with Crippen molar-refractivity contribution in [2.75, 3.05) is 0 Å². The quantitative estimate of drug-likeness (QED) is 0.115. The molecular weight excluding hydrogens is 605 g/mol. The van der Waals surface area contributed by atoms with E-state index >= 15 is 0 Å². The summed E-state index contributed by atoms with van der Waals surface area (Å²) in [5.74, 6) is 0. The highest BCUT2D eigenvalue weighted by Crippen LogP contribution is 2.24. The van der Waals surface area contributed by atoms with E-state index in [1.54, 1.807) is 0 Å². The monoisotopic (exact) mass is 640 g/mol. The van der Waals surface area contributed by atoms with Gasteiger partial charge in [0.2, 0.25) is 0 Å². The van der Waals surface area contributed by atoms with Crippen LogP contribution in [-0.4, -0.2) is 8.07 Å². The van der Waals surface area contributed by atoms with E-state index < -0.39 is 8.07 Å². The third-order valence-electron chi connectivity index (χ3n) is 9.70. The summed E-state index contributed by atoms with van der Waals surface area (Å²) in [6.45, 7) is 0. The zero-order chi connectivity index (χ0) is 32.9. The van der Waals surface area contributed by atoms with Crippen molar-refractivity contribution in [1.29, 1.82) is 0 Å². The Morgan fingerprint density at radius 1 is 0.163 bits per heavy atom. The average molecular weight is 641 g/mol. The van der Waals surface area contributed by atoms with Gasteiger partial charge in [0, 0.05) is 0 Å². The van der Waals surface area contributed by atoms with Crippen LogP contribution < -0.4 is 20.7 Å². The van der Waals surface area contributed by atoms with Gasteiger partial charge < -0.3 is 0 Å². The summed E-state index contributed by atoms with van der Waals surface area (Å²) in [6, 6.07) is 80.2. The molecule has 49 heavy (non-hydrogen) atoms. The lowest BCUT2D eigenvalue weighted by Crippen LogP contribution is -2.74. The molecule has 0 fully saturated rings. The number of benzene rings is 8. The van der Waals surface area contributed by atoms with E-state index in [1.807, 2.05) is 0 Å².